The van der Waals surface area contributed by atoms with Gasteiger partial charge in [-0.25, -0.2) is 0 Å². The number of likely N-dealkylation sites (tertiary alicyclic amines) is 1. The quantitative estimate of drug-likeness (QED) is 0.390. The summed E-state index contributed by atoms with van der Waals surface area (Å²) in [6.45, 7) is 2.49. The number of amides is 3. The number of halogens is 1. The molecule has 0 radical (unpaired) electrons. The zero-order valence-electron chi connectivity index (χ0n) is 25.5. The summed E-state index contributed by atoms with van der Waals surface area (Å²) in [5, 5.41) is 11.2. The maximum absolute atomic E-state index is 14.9. The van der Waals surface area contributed by atoms with Crippen LogP contribution < -0.4 is 4.90 Å². The summed E-state index contributed by atoms with van der Waals surface area (Å²) < 4.78 is 6.82. The Labute approximate surface area is 273 Å². The van der Waals surface area contributed by atoms with Crippen molar-refractivity contribution in [2.45, 2.75) is 43.7 Å². The average Bonchev–Trinajstić information content (AvgIpc) is 3.39. The number of hydrogen-bond acceptors (Lipinski definition) is 5. The molecule has 3 aromatic rings. The topological polar surface area (TPSA) is 90.4 Å². The molecule has 1 spiro atoms. The fraction of sp³-hybridized carbons (Fsp3) is 0.324. The van der Waals surface area contributed by atoms with Crippen LogP contribution in [-0.2, 0) is 32.1 Å². The number of aliphatic hydroxyl groups excluding tert-OH is 1. The van der Waals surface area contributed by atoms with E-state index in [9.17, 15) is 19.5 Å². The minimum absolute atomic E-state index is 0.192. The third kappa shape index (κ3) is 4.96. The fourth-order valence-corrected chi connectivity index (χ4v) is 8.09. The number of nitrogens with zero attached hydrogens (tertiary/aromatic N) is 3. The molecule has 8 nitrogen and oxygen atoms in total. The van der Waals surface area contributed by atoms with E-state index < -0.39 is 35.6 Å². The minimum Gasteiger partial charge on any atom is -0.394 e. The molecule has 3 aromatic carbocycles. The smallest absolute Gasteiger partial charge is 0.253 e. The number of carbonyl (C=O) groups is 3. The highest BCUT2D eigenvalue weighted by Gasteiger charge is 2.72. The molecule has 1 N–H and O–H groups in total. The summed E-state index contributed by atoms with van der Waals surface area (Å²) >= 11 is 6.69. The fourth-order valence-electron chi connectivity index (χ4n) is 7.77. The monoisotopic (exact) mass is 637 g/mol. The molecule has 3 amide bonds. The second-order valence-corrected chi connectivity index (χ2v) is 12.9. The lowest BCUT2D eigenvalue weighted by Gasteiger charge is -2.39. The number of fused-ring (bicyclic) bond motifs is 2. The number of ether oxygens (including phenoxy) is 1. The third-order valence-corrected chi connectivity index (χ3v) is 10.1. The normalized spacial score (nSPS) is 27.7. The molecule has 0 bridgehead atoms. The molecule has 4 aliphatic heterocycles. The Kier molecular flexibility index (Phi) is 8.05. The van der Waals surface area contributed by atoms with E-state index in [0.29, 0.717) is 30.2 Å². The van der Waals surface area contributed by atoms with Crippen molar-refractivity contribution in [3.05, 3.63) is 125 Å². The summed E-state index contributed by atoms with van der Waals surface area (Å²) in [5.41, 5.74) is 1.84. The molecule has 0 aromatic heterocycles. The van der Waals surface area contributed by atoms with Crippen LogP contribution in [0.2, 0.25) is 5.02 Å². The average molecular weight is 638 g/mol. The number of aryl methyl sites for hydroxylation is 1. The van der Waals surface area contributed by atoms with E-state index in [1.807, 2.05) is 104 Å². The Morgan fingerprint density at radius 1 is 0.891 bits per heavy atom. The molecule has 236 valence electrons. The first-order valence-electron chi connectivity index (χ1n) is 15.7. The second-order valence-electron chi connectivity index (χ2n) is 12.5. The van der Waals surface area contributed by atoms with Crippen LogP contribution in [0, 0.1) is 18.8 Å². The number of hydrogen-bond donors (Lipinski definition) is 1. The van der Waals surface area contributed by atoms with Crippen LogP contribution in [0.25, 0.3) is 0 Å². The maximum Gasteiger partial charge on any atom is 0.253 e. The number of para-hydroxylation sites is 1. The largest absolute Gasteiger partial charge is 0.394 e. The van der Waals surface area contributed by atoms with Crippen molar-refractivity contribution in [1.29, 1.82) is 0 Å². The zero-order valence-corrected chi connectivity index (χ0v) is 26.3. The summed E-state index contributed by atoms with van der Waals surface area (Å²) in [4.78, 5) is 49.1. The van der Waals surface area contributed by atoms with Gasteiger partial charge in [-0.15, -0.1) is 0 Å². The van der Waals surface area contributed by atoms with E-state index in [0.717, 1.165) is 16.7 Å². The number of carbonyl (C=O) groups excluding carboxylic acids is 3. The van der Waals surface area contributed by atoms with E-state index in [1.54, 1.807) is 15.9 Å². The Morgan fingerprint density at radius 2 is 1.61 bits per heavy atom. The lowest BCUT2D eigenvalue weighted by atomic mass is 9.77. The molecule has 9 heteroatoms. The van der Waals surface area contributed by atoms with E-state index in [2.05, 4.69) is 0 Å². The van der Waals surface area contributed by atoms with Crippen molar-refractivity contribution in [3.63, 3.8) is 0 Å². The van der Waals surface area contributed by atoms with Gasteiger partial charge in [0.05, 0.1) is 41.3 Å². The molecule has 2 saturated heterocycles. The summed E-state index contributed by atoms with van der Waals surface area (Å²) in [7, 11) is 0. The number of aliphatic hydroxyl groups is 1. The van der Waals surface area contributed by atoms with Crippen LogP contribution in [0.1, 0.15) is 16.7 Å². The lowest BCUT2D eigenvalue weighted by molar-refractivity contribution is -0.147. The summed E-state index contributed by atoms with van der Waals surface area (Å²) in [5.74, 6) is -2.73. The van der Waals surface area contributed by atoms with Gasteiger partial charge in [0.2, 0.25) is 11.8 Å². The highest BCUT2D eigenvalue weighted by atomic mass is 35.5. The highest BCUT2D eigenvalue weighted by Crippen LogP contribution is 2.54. The van der Waals surface area contributed by atoms with Gasteiger partial charge in [-0.05, 0) is 36.1 Å². The van der Waals surface area contributed by atoms with E-state index in [-0.39, 0.29) is 30.9 Å². The molecular weight excluding hydrogens is 602 g/mol. The van der Waals surface area contributed by atoms with Crippen molar-refractivity contribution in [2.24, 2.45) is 11.8 Å². The Balaban J connectivity index is 1.33. The molecule has 7 rings (SSSR count). The van der Waals surface area contributed by atoms with Crippen molar-refractivity contribution >= 4 is 35.0 Å². The Hall–Kier alpha value is -4.24. The minimum atomic E-state index is -1.42. The van der Waals surface area contributed by atoms with Crippen molar-refractivity contribution in [3.8, 4) is 0 Å². The van der Waals surface area contributed by atoms with Crippen LogP contribution in [0.15, 0.2) is 103 Å². The predicted molar refractivity (Wildman–Crippen MR) is 175 cm³/mol. The van der Waals surface area contributed by atoms with E-state index >= 15 is 0 Å². The van der Waals surface area contributed by atoms with Crippen LogP contribution in [0.3, 0.4) is 0 Å². The van der Waals surface area contributed by atoms with E-state index in [1.165, 1.54) is 4.90 Å². The van der Waals surface area contributed by atoms with Crippen LogP contribution in [0.5, 0.6) is 0 Å². The molecule has 1 unspecified atom stereocenters. The highest BCUT2D eigenvalue weighted by molar-refractivity contribution is 6.34. The van der Waals surface area contributed by atoms with Crippen LogP contribution in [0.4, 0.5) is 5.69 Å². The van der Waals surface area contributed by atoms with Crippen molar-refractivity contribution in [1.82, 2.24) is 9.80 Å². The molecule has 4 aliphatic rings. The van der Waals surface area contributed by atoms with Gasteiger partial charge in [0.1, 0.15) is 11.6 Å². The molecule has 46 heavy (non-hydrogen) atoms. The van der Waals surface area contributed by atoms with Gasteiger partial charge in [0, 0.05) is 19.6 Å². The van der Waals surface area contributed by atoms with Crippen molar-refractivity contribution < 1.29 is 24.2 Å². The molecule has 6 atom stereocenters. The maximum atomic E-state index is 14.9. The summed E-state index contributed by atoms with van der Waals surface area (Å²) in [6, 6.07) is 22.9. The van der Waals surface area contributed by atoms with Gasteiger partial charge >= 0.3 is 0 Å². The van der Waals surface area contributed by atoms with Gasteiger partial charge in [0.15, 0.2) is 0 Å². The first-order valence-corrected chi connectivity index (χ1v) is 16.1. The molecule has 0 aliphatic carbocycles. The first-order chi connectivity index (χ1) is 22.3. The van der Waals surface area contributed by atoms with Crippen LogP contribution in [-0.4, -0.2) is 76.1 Å². The van der Waals surface area contributed by atoms with Gasteiger partial charge in [-0.3, -0.25) is 14.4 Å². The molecular formula is C37H36ClN3O5. The first kappa shape index (κ1) is 30.4. The predicted octanol–water partition coefficient (Wildman–Crippen LogP) is 4.33. The summed E-state index contributed by atoms with van der Waals surface area (Å²) in [6.07, 6.45) is 7.07. The SMILES string of the molecule is Cc1cccc(Cl)c1N1CC=C[C@]23O[C@@H]4C=CCN(Cc5ccccc5)C(=O)[C@@H]4[C@H]2C(=O)N([C@@H](CO)Cc2ccccc2)C3C1=O. The molecule has 0 saturated carbocycles. The number of anilines is 1. The lowest BCUT2D eigenvalue weighted by Crippen LogP contribution is -2.58. The van der Waals surface area contributed by atoms with E-state index in [4.69, 9.17) is 16.3 Å². The van der Waals surface area contributed by atoms with Gasteiger partial charge in [-0.1, -0.05) is 109 Å². The third-order valence-electron chi connectivity index (χ3n) is 9.77. The van der Waals surface area contributed by atoms with Gasteiger partial charge < -0.3 is 24.5 Å². The second kappa shape index (κ2) is 12.2. The van der Waals surface area contributed by atoms with Gasteiger partial charge in [-0.2, -0.15) is 0 Å². The van der Waals surface area contributed by atoms with Gasteiger partial charge in [0.25, 0.3) is 5.91 Å². The Morgan fingerprint density at radius 3 is 2.30 bits per heavy atom. The Bertz CT molecular complexity index is 1690. The molecule has 2 fully saturated rings. The number of benzene rings is 3. The number of rotatable bonds is 7. The molecule has 4 heterocycles. The van der Waals surface area contributed by atoms with Crippen molar-refractivity contribution in [2.75, 3.05) is 24.6 Å². The standard InChI is InChI=1S/C37H36ClN3O5/c1-24-11-8-16-28(38)32(24)40-20-10-18-37-31(30-29(46-37)17-9-19-39(34(30)43)22-26-14-6-3-7-15-26)35(44)41(33(37)36(40)45)27(23-42)21-25-12-4-2-5-13-25/h2-18,27,29-31,33,42H,19-23H2,1H3/t27-,29-,30+,31+,33?,37+/m1/s1. The van der Waals surface area contributed by atoms with Crippen LogP contribution >= 0.6 is 11.6 Å². The zero-order chi connectivity index (χ0) is 32.0.